The minimum absolute atomic E-state index is 0.176. The third kappa shape index (κ3) is 3.06. The Morgan fingerprint density at radius 3 is 2.91 bits per heavy atom. The number of hydrogen-bond acceptors (Lipinski definition) is 6. The zero-order valence-electron chi connectivity index (χ0n) is 12.6. The van der Waals surface area contributed by atoms with Crippen molar-refractivity contribution in [2.24, 2.45) is 5.73 Å². The van der Waals surface area contributed by atoms with Crippen molar-refractivity contribution in [1.29, 1.82) is 0 Å². The first kappa shape index (κ1) is 16.2. The minimum Gasteiger partial charge on any atom is -0.369 e. The Morgan fingerprint density at radius 1 is 1.52 bits per heavy atom. The number of rotatable bonds is 5. The molecule has 1 atom stereocenters. The highest BCUT2D eigenvalue weighted by atomic mass is 32.2. The molecule has 0 aliphatic rings. The molecule has 3 rings (SSSR count). The van der Waals surface area contributed by atoms with Gasteiger partial charge in [-0.3, -0.25) is 9.59 Å². The van der Waals surface area contributed by atoms with Crippen LogP contribution in [0, 0.1) is 6.92 Å². The van der Waals surface area contributed by atoms with Crippen LogP contribution in [0.25, 0.3) is 20.7 Å². The number of nitrogens with two attached hydrogens (primary N) is 1. The fourth-order valence-electron chi connectivity index (χ4n) is 2.35. The molecule has 8 heteroatoms. The van der Waals surface area contributed by atoms with Crippen LogP contribution in [0.2, 0.25) is 0 Å². The van der Waals surface area contributed by atoms with Gasteiger partial charge in [0.1, 0.15) is 4.83 Å². The lowest BCUT2D eigenvalue weighted by Gasteiger charge is -2.09. The molecule has 0 spiro atoms. The number of carbonyl (C=O) groups excluding carboxylic acids is 1. The van der Waals surface area contributed by atoms with E-state index in [-0.39, 0.29) is 5.56 Å². The Bertz CT molecular complexity index is 912. The van der Waals surface area contributed by atoms with Crippen LogP contribution in [-0.2, 0) is 4.79 Å². The van der Waals surface area contributed by atoms with Crippen LogP contribution in [0.3, 0.4) is 0 Å². The summed E-state index contributed by atoms with van der Waals surface area (Å²) in [7, 11) is 0. The van der Waals surface area contributed by atoms with E-state index in [4.69, 9.17) is 5.73 Å². The molecule has 23 heavy (non-hydrogen) atoms. The summed E-state index contributed by atoms with van der Waals surface area (Å²) in [6.45, 7) is 3.87. The van der Waals surface area contributed by atoms with Crippen molar-refractivity contribution in [1.82, 2.24) is 9.97 Å². The topological polar surface area (TPSA) is 88.8 Å². The number of thiophene rings is 2. The molecule has 3 N–H and O–H groups in total. The molecular formula is C15H15N3O2S3. The number of aryl methyl sites for hydroxylation is 1. The molecule has 0 aromatic carbocycles. The lowest BCUT2D eigenvalue weighted by molar-refractivity contribution is -0.117. The number of hydrogen-bond donors (Lipinski definition) is 2. The van der Waals surface area contributed by atoms with Gasteiger partial charge in [-0.05, 0) is 24.8 Å². The molecule has 3 aromatic heterocycles. The van der Waals surface area contributed by atoms with Gasteiger partial charge in [-0.25, -0.2) is 4.98 Å². The molecule has 0 saturated heterocycles. The lowest BCUT2D eigenvalue weighted by Crippen LogP contribution is -2.25. The first-order valence-electron chi connectivity index (χ1n) is 7.04. The van der Waals surface area contributed by atoms with Crippen molar-refractivity contribution < 1.29 is 4.79 Å². The molecule has 0 fully saturated rings. The summed E-state index contributed by atoms with van der Waals surface area (Å²) in [5.74, 6) is -0.401. The summed E-state index contributed by atoms with van der Waals surface area (Å²) < 4.78 is 0. The average molecular weight is 366 g/mol. The maximum atomic E-state index is 12.6. The van der Waals surface area contributed by atoms with Gasteiger partial charge in [0.2, 0.25) is 5.91 Å². The van der Waals surface area contributed by atoms with Crippen LogP contribution in [-0.4, -0.2) is 21.1 Å². The highest BCUT2D eigenvalue weighted by Crippen LogP contribution is 2.38. The third-order valence-corrected chi connectivity index (χ3v) is 6.58. The van der Waals surface area contributed by atoms with E-state index in [1.165, 1.54) is 23.1 Å². The van der Waals surface area contributed by atoms with Gasteiger partial charge in [0, 0.05) is 15.3 Å². The van der Waals surface area contributed by atoms with E-state index in [1.807, 2.05) is 31.4 Å². The molecule has 0 bridgehead atoms. The summed E-state index contributed by atoms with van der Waals surface area (Å²) in [6, 6.07) is 3.97. The number of fused-ring (bicyclic) bond motifs is 1. The molecule has 0 radical (unpaired) electrons. The van der Waals surface area contributed by atoms with Gasteiger partial charge < -0.3 is 10.7 Å². The van der Waals surface area contributed by atoms with E-state index in [9.17, 15) is 9.59 Å². The van der Waals surface area contributed by atoms with Crippen molar-refractivity contribution in [3.05, 3.63) is 32.7 Å². The van der Waals surface area contributed by atoms with Gasteiger partial charge in [0.25, 0.3) is 5.56 Å². The highest BCUT2D eigenvalue weighted by Gasteiger charge is 2.20. The number of aromatic nitrogens is 2. The van der Waals surface area contributed by atoms with Crippen molar-refractivity contribution in [3.8, 4) is 10.4 Å². The van der Waals surface area contributed by atoms with Crippen LogP contribution < -0.4 is 11.3 Å². The van der Waals surface area contributed by atoms with E-state index in [0.29, 0.717) is 21.8 Å². The van der Waals surface area contributed by atoms with Crippen molar-refractivity contribution >= 4 is 50.6 Å². The zero-order valence-corrected chi connectivity index (χ0v) is 15.0. The number of primary amides is 1. The molecule has 1 unspecified atom stereocenters. The average Bonchev–Trinajstić information content (AvgIpc) is 3.11. The Hall–Kier alpha value is -1.64. The maximum Gasteiger partial charge on any atom is 0.260 e. The quantitative estimate of drug-likeness (QED) is 0.536. The van der Waals surface area contributed by atoms with Crippen LogP contribution >= 0.6 is 34.4 Å². The summed E-state index contributed by atoms with van der Waals surface area (Å²) >= 11 is 4.30. The number of H-pyrrole nitrogens is 1. The Labute approximate surface area is 145 Å². The second-order valence-electron chi connectivity index (χ2n) is 4.98. The molecule has 0 aliphatic heterocycles. The van der Waals surface area contributed by atoms with E-state index < -0.39 is 11.2 Å². The SMILES string of the molecule is CCC(Sc1nc2sc(C)c(-c3cccs3)c2c(=O)[nH]1)C(N)=O. The molecule has 120 valence electrons. The van der Waals surface area contributed by atoms with Crippen LogP contribution in [0.5, 0.6) is 0 Å². The lowest BCUT2D eigenvalue weighted by atomic mass is 10.1. The summed E-state index contributed by atoms with van der Waals surface area (Å²) in [5.41, 5.74) is 6.14. The zero-order chi connectivity index (χ0) is 16.6. The largest absolute Gasteiger partial charge is 0.369 e. The molecule has 3 aromatic rings. The minimum atomic E-state index is -0.401. The number of thioether (sulfide) groups is 1. The second-order valence-corrected chi connectivity index (χ2v) is 8.32. The highest BCUT2D eigenvalue weighted by molar-refractivity contribution is 8.00. The molecule has 0 saturated carbocycles. The molecule has 5 nitrogen and oxygen atoms in total. The smallest absolute Gasteiger partial charge is 0.260 e. The van der Waals surface area contributed by atoms with E-state index in [2.05, 4.69) is 9.97 Å². The van der Waals surface area contributed by atoms with Crippen LogP contribution in [0.1, 0.15) is 18.2 Å². The van der Waals surface area contributed by atoms with Crippen molar-refractivity contribution in [2.75, 3.05) is 0 Å². The fraction of sp³-hybridized carbons (Fsp3) is 0.267. The first-order valence-corrected chi connectivity index (χ1v) is 9.62. The number of nitrogens with one attached hydrogen (secondary N) is 1. The Kier molecular flexibility index (Phi) is 4.56. The monoisotopic (exact) mass is 365 g/mol. The van der Waals surface area contributed by atoms with Crippen molar-refractivity contribution in [2.45, 2.75) is 30.7 Å². The third-order valence-electron chi connectivity index (χ3n) is 3.43. The number of amides is 1. The predicted octanol–water partition coefficient (Wildman–Crippen LogP) is 3.38. The van der Waals surface area contributed by atoms with Gasteiger partial charge in [-0.2, -0.15) is 0 Å². The number of aromatic amines is 1. The van der Waals surface area contributed by atoms with Crippen LogP contribution in [0.15, 0.2) is 27.5 Å². The molecule has 3 heterocycles. The fourth-order valence-corrected chi connectivity index (χ4v) is 5.19. The normalized spacial score (nSPS) is 12.6. The second kappa shape index (κ2) is 6.46. The summed E-state index contributed by atoms with van der Waals surface area (Å²) in [6.07, 6.45) is 0.589. The van der Waals surface area contributed by atoms with Crippen LogP contribution in [0.4, 0.5) is 0 Å². The molecule has 0 aliphatic carbocycles. The standard InChI is InChI=1S/C15H15N3O2S3/c1-3-8(12(16)19)23-15-17-13(20)11-10(9-5-4-6-21-9)7(2)22-14(11)18-15/h4-6,8H,3H2,1-2H3,(H2,16,19)(H,17,18,20). The van der Waals surface area contributed by atoms with Gasteiger partial charge in [0.15, 0.2) is 5.16 Å². The Morgan fingerprint density at radius 2 is 2.30 bits per heavy atom. The van der Waals surface area contributed by atoms with E-state index in [0.717, 1.165) is 15.3 Å². The Balaban J connectivity index is 2.11. The maximum absolute atomic E-state index is 12.6. The van der Waals surface area contributed by atoms with E-state index >= 15 is 0 Å². The van der Waals surface area contributed by atoms with E-state index in [1.54, 1.807) is 11.3 Å². The number of carbonyl (C=O) groups is 1. The van der Waals surface area contributed by atoms with Gasteiger partial charge in [-0.1, -0.05) is 24.8 Å². The predicted molar refractivity (Wildman–Crippen MR) is 97.4 cm³/mol. The number of nitrogens with zero attached hydrogens (tertiary/aromatic N) is 1. The van der Waals surface area contributed by atoms with Gasteiger partial charge in [-0.15, -0.1) is 22.7 Å². The first-order chi connectivity index (χ1) is 11.0. The van der Waals surface area contributed by atoms with Gasteiger partial charge >= 0.3 is 0 Å². The summed E-state index contributed by atoms with van der Waals surface area (Å²) in [5, 5.41) is 2.65. The molecule has 1 amide bonds. The molecular weight excluding hydrogens is 350 g/mol. The van der Waals surface area contributed by atoms with Crippen molar-refractivity contribution in [3.63, 3.8) is 0 Å². The van der Waals surface area contributed by atoms with Gasteiger partial charge in [0.05, 0.1) is 10.6 Å². The summed E-state index contributed by atoms with van der Waals surface area (Å²) in [4.78, 5) is 34.1.